The van der Waals surface area contributed by atoms with Gasteiger partial charge in [0.15, 0.2) is 0 Å². The fraction of sp³-hybridized carbons (Fsp3) is 0.667. The zero-order valence-corrected chi connectivity index (χ0v) is 13.4. The van der Waals surface area contributed by atoms with Crippen molar-refractivity contribution in [1.29, 1.82) is 0 Å². The molecule has 0 aromatic carbocycles. The Morgan fingerprint density at radius 1 is 1.33 bits per heavy atom. The van der Waals surface area contributed by atoms with Gasteiger partial charge < -0.3 is 10.0 Å². The normalized spacial score (nSPS) is 22.0. The molecule has 0 unspecified atom stereocenters. The molecule has 6 heteroatoms. The molecule has 5 nitrogen and oxygen atoms in total. The third kappa shape index (κ3) is 4.27. The first-order valence-electron chi connectivity index (χ1n) is 7.36. The first kappa shape index (κ1) is 15.9. The van der Waals surface area contributed by atoms with Crippen molar-refractivity contribution < 1.29 is 14.7 Å². The molecule has 0 aliphatic heterocycles. The van der Waals surface area contributed by atoms with Crippen molar-refractivity contribution in [2.45, 2.75) is 39.0 Å². The predicted octanol–water partition coefficient (Wildman–Crippen LogP) is 2.34. The fourth-order valence-corrected chi connectivity index (χ4v) is 3.57. The number of carbonyl (C=O) groups is 2. The molecule has 0 saturated heterocycles. The van der Waals surface area contributed by atoms with Gasteiger partial charge in [-0.3, -0.25) is 9.59 Å². The van der Waals surface area contributed by atoms with Crippen molar-refractivity contribution in [1.82, 2.24) is 9.88 Å². The summed E-state index contributed by atoms with van der Waals surface area (Å²) in [5.74, 6) is -0.859. The molecule has 1 saturated carbocycles. The maximum absolute atomic E-state index is 12.4. The lowest BCUT2D eigenvalue weighted by atomic mass is 9.81. The number of carboxylic acids is 1. The standard InChI is InChI=1S/C15H22N2O3S/c1-10-9-16-13(21-10)7-8-17(2)14(18)11-3-5-12(6-4-11)15(19)20/h9,11-12H,3-8H2,1-2H3,(H,19,20). The lowest BCUT2D eigenvalue weighted by Crippen LogP contribution is -2.37. The third-order valence-corrected chi connectivity index (χ3v) is 5.10. The van der Waals surface area contributed by atoms with Crippen LogP contribution in [0.5, 0.6) is 0 Å². The maximum Gasteiger partial charge on any atom is 0.306 e. The number of aliphatic carboxylic acids is 1. The number of amides is 1. The Bertz CT molecular complexity index is 507. The SMILES string of the molecule is Cc1cnc(CCN(C)C(=O)C2CCC(C(=O)O)CC2)s1. The third-order valence-electron chi connectivity index (χ3n) is 4.13. The molecule has 0 radical (unpaired) electrons. The summed E-state index contributed by atoms with van der Waals surface area (Å²) in [4.78, 5) is 30.5. The van der Waals surface area contributed by atoms with Crippen LogP contribution in [0.15, 0.2) is 6.20 Å². The van der Waals surface area contributed by atoms with Crippen LogP contribution in [0.4, 0.5) is 0 Å². The quantitative estimate of drug-likeness (QED) is 0.906. The van der Waals surface area contributed by atoms with Gasteiger partial charge in [-0.2, -0.15) is 0 Å². The molecule has 2 rings (SSSR count). The fourth-order valence-electron chi connectivity index (χ4n) is 2.79. The molecule has 116 valence electrons. The smallest absolute Gasteiger partial charge is 0.306 e. The zero-order valence-electron chi connectivity index (χ0n) is 12.5. The highest BCUT2D eigenvalue weighted by atomic mass is 32.1. The van der Waals surface area contributed by atoms with Gasteiger partial charge in [-0.05, 0) is 32.6 Å². The Morgan fingerprint density at radius 3 is 2.48 bits per heavy atom. The van der Waals surface area contributed by atoms with Crippen LogP contribution in [0.1, 0.15) is 35.6 Å². The highest BCUT2D eigenvalue weighted by Crippen LogP contribution is 2.30. The molecular formula is C15H22N2O3S. The summed E-state index contributed by atoms with van der Waals surface area (Å²) >= 11 is 1.67. The van der Waals surface area contributed by atoms with Crippen LogP contribution in [0.2, 0.25) is 0 Å². The minimum Gasteiger partial charge on any atom is -0.481 e. The molecule has 1 fully saturated rings. The average Bonchev–Trinajstić information content (AvgIpc) is 2.89. The molecule has 21 heavy (non-hydrogen) atoms. The summed E-state index contributed by atoms with van der Waals surface area (Å²) in [5, 5.41) is 10.0. The van der Waals surface area contributed by atoms with E-state index in [1.165, 1.54) is 4.88 Å². The summed E-state index contributed by atoms with van der Waals surface area (Å²) in [7, 11) is 1.83. The Balaban J connectivity index is 1.78. The van der Waals surface area contributed by atoms with Gasteiger partial charge in [-0.15, -0.1) is 11.3 Å². The summed E-state index contributed by atoms with van der Waals surface area (Å²) in [5.41, 5.74) is 0. The van der Waals surface area contributed by atoms with Crippen LogP contribution in [0.3, 0.4) is 0 Å². The molecular weight excluding hydrogens is 288 g/mol. The zero-order chi connectivity index (χ0) is 15.4. The highest BCUT2D eigenvalue weighted by molar-refractivity contribution is 7.11. The van der Waals surface area contributed by atoms with Gasteiger partial charge in [0.2, 0.25) is 5.91 Å². The number of hydrogen-bond donors (Lipinski definition) is 1. The van der Waals surface area contributed by atoms with E-state index in [0.717, 1.165) is 11.4 Å². The van der Waals surface area contributed by atoms with E-state index in [0.29, 0.717) is 32.2 Å². The van der Waals surface area contributed by atoms with Crippen LogP contribution in [-0.2, 0) is 16.0 Å². The highest BCUT2D eigenvalue weighted by Gasteiger charge is 2.31. The number of thiazole rings is 1. The molecule has 0 bridgehead atoms. The maximum atomic E-state index is 12.4. The second-order valence-corrected chi connectivity index (χ2v) is 7.08. The van der Waals surface area contributed by atoms with E-state index in [4.69, 9.17) is 5.11 Å². The monoisotopic (exact) mass is 310 g/mol. The lowest BCUT2D eigenvalue weighted by molar-refractivity contribution is -0.145. The lowest BCUT2D eigenvalue weighted by Gasteiger charge is -2.28. The van der Waals surface area contributed by atoms with E-state index >= 15 is 0 Å². The Hall–Kier alpha value is -1.43. The van der Waals surface area contributed by atoms with E-state index in [9.17, 15) is 9.59 Å². The van der Waals surface area contributed by atoms with Crippen molar-refractivity contribution in [2.24, 2.45) is 11.8 Å². The first-order valence-corrected chi connectivity index (χ1v) is 8.18. The minimum atomic E-state index is -0.728. The van der Waals surface area contributed by atoms with Gasteiger partial charge in [-0.25, -0.2) is 4.98 Å². The Kier molecular flexibility index (Phi) is 5.33. The van der Waals surface area contributed by atoms with Gasteiger partial charge in [0.05, 0.1) is 10.9 Å². The molecule has 1 aliphatic rings. The molecule has 0 spiro atoms. The van der Waals surface area contributed by atoms with Crippen LogP contribution < -0.4 is 0 Å². The molecule has 1 heterocycles. The van der Waals surface area contributed by atoms with Crippen LogP contribution in [0.25, 0.3) is 0 Å². The molecule has 1 amide bonds. The number of nitrogens with zero attached hydrogens (tertiary/aromatic N) is 2. The second kappa shape index (κ2) is 7.02. The summed E-state index contributed by atoms with van der Waals surface area (Å²) in [6.07, 6.45) is 5.25. The number of rotatable bonds is 5. The van der Waals surface area contributed by atoms with Crippen molar-refractivity contribution in [3.8, 4) is 0 Å². The largest absolute Gasteiger partial charge is 0.481 e. The van der Waals surface area contributed by atoms with Gasteiger partial charge in [-0.1, -0.05) is 0 Å². The number of carbonyl (C=O) groups excluding carboxylic acids is 1. The Morgan fingerprint density at radius 2 is 1.95 bits per heavy atom. The van der Waals surface area contributed by atoms with Crippen molar-refractivity contribution in [2.75, 3.05) is 13.6 Å². The van der Waals surface area contributed by atoms with Crippen molar-refractivity contribution >= 4 is 23.2 Å². The second-order valence-electron chi connectivity index (χ2n) is 5.76. The summed E-state index contributed by atoms with van der Waals surface area (Å²) in [6.45, 7) is 2.70. The number of aryl methyl sites for hydroxylation is 1. The number of likely N-dealkylation sites (N-methyl/N-ethyl adjacent to an activating group) is 1. The van der Waals surface area contributed by atoms with Crippen molar-refractivity contribution in [3.63, 3.8) is 0 Å². The van der Waals surface area contributed by atoms with E-state index in [-0.39, 0.29) is 17.7 Å². The van der Waals surface area contributed by atoms with E-state index in [1.807, 2.05) is 20.2 Å². The molecule has 1 N–H and O–H groups in total. The number of hydrogen-bond acceptors (Lipinski definition) is 4. The number of carboxylic acid groups (broad SMARTS) is 1. The first-order chi connectivity index (χ1) is 9.97. The van der Waals surface area contributed by atoms with E-state index in [1.54, 1.807) is 16.2 Å². The number of aromatic nitrogens is 1. The van der Waals surface area contributed by atoms with Crippen LogP contribution in [-0.4, -0.2) is 40.5 Å². The molecule has 1 aromatic rings. The average molecular weight is 310 g/mol. The molecule has 1 aromatic heterocycles. The topological polar surface area (TPSA) is 70.5 Å². The Labute approximate surface area is 129 Å². The van der Waals surface area contributed by atoms with Gasteiger partial charge >= 0.3 is 5.97 Å². The summed E-state index contributed by atoms with van der Waals surface area (Å²) in [6, 6.07) is 0. The van der Waals surface area contributed by atoms with E-state index in [2.05, 4.69) is 4.98 Å². The van der Waals surface area contributed by atoms with Gasteiger partial charge in [0, 0.05) is 37.0 Å². The summed E-state index contributed by atoms with van der Waals surface area (Å²) < 4.78 is 0. The van der Waals surface area contributed by atoms with Crippen molar-refractivity contribution in [3.05, 3.63) is 16.1 Å². The predicted molar refractivity (Wildman–Crippen MR) is 81.3 cm³/mol. The van der Waals surface area contributed by atoms with Gasteiger partial charge in [0.1, 0.15) is 0 Å². The minimum absolute atomic E-state index is 0.0105. The van der Waals surface area contributed by atoms with Crippen LogP contribution >= 0.6 is 11.3 Å². The van der Waals surface area contributed by atoms with E-state index < -0.39 is 5.97 Å². The molecule has 1 aliphatic carbocycles. The van der Waals surface area contributed by atoms with Gasteiger partial charge in [0.25, 0.3) is 0 Å². The van der Waals surface area contributed by atoms with Crippen LogP contribution in [0, 0.1) is 18.8 Å². The molecule has 0 atom stereocenters.